The SMILES string of the molecule is CC1CCN(C(C)CNC(=O)C(NS(=O)(=O)c2ccc3c(c2)OCCCO3)C(C)C)CC1. The first kappa shape index (κ1) is 24.8. The predicted molar refractivity (Wildman–Crippen MR) is 123 cm³/mol. The summed E-state index contributed by atoms with van der Waals surface area (Å²) >= 11 is 0. The highest BCUT2D eigenvalue weighted by molar-refractivity contribution is 7.89. The van der Waals surface area contributed by atoms with Crippen molar-refractivity contribution >= 4 is 15.9 Å². The van der Waals surface area contributed by atoms with E-state index in [2.05, 4.69) is 28.8 Å². The molecule has 180 valence electrons. The van der Waals surface area contributed by atoms with Crippen molar-refractivity contribution in [2.45, 2.75) is 63.9 Å². The smallest absolute Gasteiger partial charge is 0.241 e. The van der Waals surface area contributed by atoms with Crippen molar-refractivity contribution in [1.29, 1.82) is 0 Å². The summed E-state index contributed by atoms with van der Waals surface area (Å²) in [7, 11) is -3.92. The van der Waals surface area contributed by atoms with Gasteiger partial charge >= 0.3 is 0 Å². The third-order valence-corrected chi connectivity index (χ3v) is 7.71. The highest BCUT2D eigenvalue weighted by Crippen LogP contribution is 2.32. The number of carbonyl (C=O) groups is 1. The lowest BCUT2D eigenvalue weighted by atomic mass is 9.98. The Labute approximate surface area is 192 Å². The van der Waals surface area contributed by atoms with E-state index in [1.54, 1.807) is 6.07 Å². The minimum Gasteiger partial charge on any atom is -0.490 e. The average molecular weight is 468 g/mol. The number of fused-ring (bicyclic) bond motifs is 1. The van der Waals surface area contributed by atoms with E-state index < -0.39 is 16.1 Å². The lowest BCUT2D eigenvalue weighted by Crippen LogP contribution is -2.52. The molecular formula is C23H37N3O5S. The van der Waals surface area contributed by atoms with Crippen LogP contribution in [-0.2, 0) is 14.8 Å². The average Bonchev–Trinajstić information content (AvgIpc) is 3.01. The summed E-state index contributed by atoms with van der Waals surface area (Å²) in [5.74, 6) is 1.16. The Hall–Kier alpha value is -1.84. The normalized spacial score (nSPS) is 19.9. The van der Waals surface area contributed by atoms with Gasteiger partial charge in [0.15, 0.2) is 11.5 Å². The zero-order valence-corrected chi connectivity index (χ0v) is 20.4. The van der Waals surface area contributed by atoms with E-state index in [-0.39, 0.29) is 22.8 Å². The Morgan fingerprint density at radius 3 is 2.44 bits per heavy atom. The summed E-state index contributed by atoms with van der Waals surface area (Å²) in [6.45, 7) is 11.6. The fourth-order valence-electron chi connectivity index (χ4n) is 3.99. The van der Waals surface area contributed by atoms with Crippen molar-refractivity contribution in [3.8, 4) is 11.5 Å². The van der Waals surface area contributed by atoms with Gasteiger partial charge in [-0.25, -0.2) is 8.42 Å². The maximum absolute atomic E-state index is 13.0. The summed E-state index contributed by atoms with van der Waals surface area (Å²) in [4.78, 5) is 15.3. The molecule has 0 bridgehead atoms. The molecule has 0 radical (unpaired) electrons. The van der Waals surface area contributed by atoms with Crippen LogP contribution in [0.4, 0.5) is 0 Å². The van der Waals surface area contributed by atoms with Gasteiger partial charge in [-0.15, -0.1) is 0 Å². The number of nitrogens with one attached hydrogen (secondary N) is 2. The Balaban J connectivity index is 1.63. The van der Waals surface area contributed by atoms with Crippen molar-refractivity contribution < 1.29 is 22.7 Å². The molecule has 2 N–H and O–H groups in total. The quantitative estimate of drug-likeness (QED) is 0.609. The standard InChI is InChI=1S/C23H37N3O5S/c1-16(2)22(23(27)24-15-18(4)26-10-8-17(3)9-11-26)25-32(28,29)19-6-7-20-21(14-19)31-13-5-12-30-20/h6-7,14,16-18,22,25H,5,8-13,15H2,1-4H3,(H,24,27). The number of likely N-dealkylation sites (tertiary alicyclic amines) is 1. The molecule has 2 unspecified atom stereocenters. The van der Waals surface area contributed by atoms with Gasteiger partial charge in [0, 0.05) is 25.1 Å². The highest BCUT2D eigenvalue weighted by atomic mass is 32.2. The second kappa shape index (κ2) is 10.9. The second-order valence-corrected chi connectivity index (χ2v) is 11.0. The van der Waals surface area contributed by atoms with Crippen LogP contribution in [0.25, 0.3) is 0 Å². The number of carbonyl (C=O) groups excluding carboxylic acids is 1. The summed E-state index contributed by atoms with van der Waals surface area (Å²) in [5, 5.41) is 2.95. The van der Waals surface area contributed by atoms with Crippen LogP contribution in [0.1, 0.15) is 47.0 Å². The van der Waals surface area contributed by atoms with E-state index in [4.69, 9.17) is 9.47 Å². The summed E-state index contributed by atoms with van der Waals surface area (Å²) in [6, 6.07) is 3.87. The number of amides is 1. The van der Waals surface area contributed by atoms with Crippen LogP contribution < -0.4 is 19.5 Å². The maximum atomic E-state index is 13.0. The molecule has 2 aliphatic heterocycles. The summed E-state index contributed by atoms with van der Waals surface area (Å²) in [6.07, 6.45) is 3.07. The van der Waals surface area contributed by atoms with Crippen molar-refractivity contribution in [2.75, 3.05) is 32.8 Å². The van der Waals surface area contributed by atoms with Gasteiger partial charge < -0.3 is 14.8 Å². The van der Waals surface area contributed by atoms with Crippen LogP contribution in [0.15, 0.2) is 23.1 Å². The zero-order chi connectivity index (χ0) is 23.3. The van der Waals surface area contributed by atoms with E-state index in [1.165, 1.54) is 25.0 Å². The largest absolute Gasteiger partial charge is 0.490 e. The van der Waals surface area contributed by atoms with Crippen molar-refractivity contribution in [3.63, 3.8) is 0 Å². The topological polar surface area (TPSA) is 97.0 Å². The van der Waals surface area contributed by atoms with Crippen LogP contribution in [0.3, 0.4) is 0 Å². The van der Waals surface area contributed by atoms with Crippen LogP contribution in [-0.4, -0.2) is 64.2 Å². The van der Waals surface area contributed by atoms with Crippen LogP contribution in [0, 0.1) is 11.8 Å². The number of sulfonamides is 1. The highest BCUT2D eigenvalue weighted by Gasteiger charge is 2.30. The molecular weight excluding hydrogens is 430 g/mol. The molecule has 1 aromatic rings. The number of hydrogen-bond acceptors (Lipinski definition) is 6. The molecule has 9 heteroatoms. The number of piperidine rings is 1. The molecule has 8 nitrogen and oxygen atoms in total. The summed E-state index contributed by atoms with van der Waals surface area (Å²) in [5.41, 5.74) is 0. The number of benzene rings is 1. The molecule has 0 aliphatic carbocycles. The Morgan fingerprint density at radius 1 is 1.12 bits per heavy atom. The second-order valence-electron chi connectivity index (χ2n) is 9.31. The number of hydrogen-bond donors (Lipinski definition) is 2. The van der Waals surface area contributed by atoms with Gasteiger partial charge in [-0.2, -0.15) is 4.72 Å². The minimum atomic E-state index is -3.92. The third-order valence-electron chi connectivity index (χ3n) is 6.27. The molecule has 0 aromatic heterocycles. The predicted octanol–water partition coefficient (Wildman–Crippen LogP) is 2.39. The molecule has 2 atom stereocenters. The molecule has 1 amide bonds. The lowest BCUT2D eigenvalue weighted by Gasteiger charge is -2.35. The number of nitrogens with zero attached hydrogens (tertiary/aromatic N) is 1. The van der Waals surface area contributed by atoms with E-state index in [0.717, 1.165) is 25.4 Å². The molecule has 2 heterocycles. The molecule has 32 heavy (non-hydrogen) atoms. The molecule has 0 spiro atoms. The fourth-order valence-corrected chi connectivity index (χ4v) is 5.35. The lowest BCUT2D eigenvalue weighted by molar-refractivity contribution is -0.123. The van der Waals surface area contributed by atoms with E-state index in [1.807, 2.05) is 13.8 Å². The first-order valence-electron chi connectivity index (χ1n) is 11.6. The van der Waals surface area contributed by atoms with Crippen LogP contribution >= 0.6 is 0 Å². The number of ether oxygens (including phenoxy) is 2. The van der Waals surface area contributed by atoms with Crippen molar-refractivity contribution in [2.24, 2.45) is 11.8 Å². The summed E-state index contributed by atoms with van der Waals surface area (Å²) < 4.78 is 39.9. The van der Waals surface area contributed by atoms with Gasteiger partial charge in [-0.3, -0.25) is 9.69 Å². The Bertz CT molecular complexity index is 882. The molecule has 1 saturated heterocycles. The van der Waals surface area contributed by atoms with Gasteiger partial charge in [-0.05, 0) is 56.8 Å². The third kappa shape index (κ3) is 6.36. The Kier molecular flexibility index (Phi) is 8.41. The van der Waals surface area contributed by atoms with E-state index in [0.29, 0.717) is 31.3 Å². The Morgan fingerprint density at radius 2 is 1.78 bits per heavy atom. The first-order chi connectivity index (χ1) is 15.2. The van der Waals surface area contributed by atoms with E-state index in [9.17, 15) is 13.2 Å². The zero-order valence-electron chi connectivity index (χ0n) is 19.6. The minimum absolute atomic E-state index is 0.0519. The van der Waals surface area contributed by atoms with Crippen LogP contribution in [0.2, 0.25) is 0 Å². The molecule has 3 rings (SSSR count). The van der Waals surface area contributed by atoms with E-state index >= 15 is 0 Å². The van der Waals surface area contributed by atoms with Gasteiger partial charge in [0.1, 0.15) is 6.04 Å². The van der Waals surface area contributed by atoms with Gasteiger partial charge in [-0.1, -0.05) is 20.8 Å². The monoisotopic (exact) mass is 467 g/mol. The van der Waals surface area contributed by atoms with Gasteiger partial charge in [0.25, 0.3) is 0 Å². The van der Waals surface area contributed by atoms with Crippen molar-refractivity contribution in [3.05, 3.63) is 18.2 Å². The molecule has 1 fully saturated rings. The molecule has 0 saturated carbocycles. The van der Waals surface area contributed by atoms with Gasteiger partial charge in [0.2, 0.25) is 15.9 Å². The van der Waals surface area contributed by atoms with Crippen LogP contribution in [0.5, 0.6) is 11.5 Å². The number of rotatable bonds is 8. The van der Waals surface area contributed by atoms with Crippen molar-refractivity contribution in [1.82, 2.24) is 14.9 Å². The first-order valence-corrected chi connectivity index (χ1v) is 13.1. The van der Waals surface area contributed by atoms with Gasteiger partial charge in [0.05, 0.1) is 18.1 Å². The maximum Gasteiger partial charge on any atom is 0.241 e. The molecule has 1 aromatic carbocycles. The molecule has 2 aliphatic rings. The fraction of sp³-hybridized carbons (Fsp3) is 0.696.